The Morgan fingerprint density at radius 2 is 2.04 bits per heavy atom. The zero-order valence-electron chi connectivity index (χ0n) is 14.1. The number of alkyl halides is 3. The first-order valence-corrected chi connectivity index (χ1v) is 8.14. The van der Waals surface area contributed by atoms with Crippen molar-refractivity contribution < 1.29 is 17.9 Å². The third-order valence-electron chi connectivity index (χ3n) is 4.27. The van der Waals surface area contributed by atoms with Gasteiger partial charge in [0.25, 0.3) is 5.56 Å². The molecular formula is C16H22F3N3O2. The van der Waals surface area contributed by atoms with E-state index in [4.69, 9.17) is 4.74 Å². The van der Waals surface area contributed by atoms with Crippen molar-refractivity contribution >= 4 is 0 Å². The summed E-state index contributed by atoms with van der Waals surface area (Å²) in [4.78, 5) is 14.2. The Hall–Kier alpha value is -1.41. The van der Waals surface area contributed by atoms with E-state index in [9.17, 15) is 18.0 Å². The second kappa shape index (κ2) is 5.84. The summed E-state index contributed by atoms with van der Waals surface area (Å²) in [6.45, 7) is 6.87. The Bertz CT molecular complexity index is 680. The van der Waals surface area contributed by atoms with Gasteiger partial charge in [0.15, 0.2) is 0 Å². The second-order valence-corrected chi connectivity index (χ2v) is 7.40. The maximum absolute atomic E-state index is 13.2. The number of nitrogens with zero attached hydrogens (tertiary/aromatic N) is 3. The van der Waals surface area contributed by atoms with E-state index in [1.807, 2.05) is 25.7 Å². The molecule has 0 unspecified atom stereocenters. The highest BCUT2D eigenvalue weighted by molar-refractivity contribution is 5.22. The molecule has 0 aromatic carbocycles. The van der Waals surface area contributed by atoms with Crippen LogP contribution in [-0.4, -0.2) is 39.5 Å². The maximum atomic E-state index is 13.2. The molecule has 1 aromatic rings. The number of rotatable bonds is 3. The highest BCUT2D eigenvalue weighted by Gasteiger charge is 2.38. The first-order chi connectivity index (χ1) is 11.0. The standard InChI is InChI=1S/C16H22F3N3O2/c1-10-7-21(8-15(2,3)24-10)9-22-14(23)12(16(17,18)19)6-13(20-22)11-4-5-11/h6,10-11H,4-5,7-9H2,1-3H3/t10-/m1/s1. The van der Waals surface area contributed by atoms with E-state index in [-0.39, 0.29) is 18.7 Å². The lowest BCUT2D eigenvalue weighted by Gasteiger charge is -2.41. The third kappa shape index (κ3) is 3.80. The Kier molecular flexibility index (Phi) is 4.24. The van der Waals surface area contributed by atoms with Gasteiger partial charge in [-0.3, -0.25) is 9.69 Å². The summed E-state index contributed by atoms with van der Waals surface area (Å²) in [5, 5.41) is 4.20. The summed E-state index contributed by atoms with van der Waals surface area (Å²) in [6.07, 6.45) is -3.07. The van der Waals surface area contributed by atoms with E-state index >= 15 is 0 Å². The van der Waals surface area contributed by atoms with Crippen LogP contribution >= 0.6 is 0 Å². The van der Waals surface area contributed by atoms with E-state index < -0.39 is 22.9 Å². The van der Waals surface area contributed by atoms with Gasteiger partial charge in [-0.05, 0) is 39.7 Å². The van der Waals surface area contributed by atoms with Crippen LogP contribution in [0.5, 0.6) is 0 Å². The van der Waals surface area contributed by atoms with Crippen molar-refractivity contribution in [1.29, 1.82) is 0 Å². The van der Waals surface area contributed by atoms with Gasteiger partial charge in [-0.2, -0.15) is 18.3 Å². The van der Waals surface area contributed by atoms with Crippen LogP contribution in [0.1, 0.15) is 50.8 Å². The van der Waals surface area contributed by atoms with Gasteiger partial charge in [0, 0.05) is 19.0 Å². The van der Waals surface area contributed by atoms with Crippen LogP contribution in [0.25, 0.3) is 0 Å². The van der Waals surface area contributed by atoms with E-state index in [1.165, 1.54) is 0 Å². The zero-order valence-corrected chi connectivity index (χ0v) is 14.1. The summed E-state index contributed by atoms with van der Waals surface area (Å²) >= 11 is 0. The molecule has 5 nitrogen and oxygen atoms in total. The molecule has 1 aromatic heterocycles. The van der Waals surface area contributed by atoms with Crippen molar-refractivity contribution in [2.45, 2.75) is 64.1 Å². The van der Waals surface area contributed by atoms with E-state index in [0.717, 1.165) is 23.6 Å². The molecule has 2 fully saturated rings. The predicted molar refractivity (Wildman–Crippen MR) is 81.7 cm³/mol. The lowest BCUT2D eigenvalue weighted by molar-refractivity contribution is -0.142. The van der Waals surface area contributed by atoms with Crippen molar-refractivity contribution in [1.82, 2.24) is 14.7 Å². The zero-order chi connectivity index (χ0) is 17.7. The summed E-state index contributed by atoms with van der Waals surface area (Å²) < 4.78 is 46.3. The molecule has 0 amide bonds. The first-order valence-electron chi connectivity index (χ1n) is 8.14. The Labute approximate surface area is 138 Å². The smallest absolute Gasteiger partial charge is 0.370 e. The van der Waals surface area contributed by atoms with Crippen molar-refractivity contribution in [2.75, 3.05) is 13.1 Å². The van der Waals surface area contributed by atoms with Gasteiger partial charge in [-0.15, -0.1) is 0 Å². The van der Waals surface area contributed by atoms with Crippen LogP contribution in [0.3, 0.4) is 0 Å². The van der Waals surface area contributed by atoms with Crippen molar-refractivity contribution in [2.24, 2.45) is 0 Å². The summed E-state index contributed by atoms with van der Waals surface area (Å²) in [7, 11) is 0. The van der Waals surface area contributed by atoms with Crippen molar-refractivity contribution in [3.63, 3.8) is 0 Å². The van der Waals surface area contributed by atoms with Crippen LogP contribution in [0.15, 0.2) is 10.9 Å². The van der Waals surface area contributed by atoms with Crippen molar-refractivity contribution in [3.8, 4) is 0 Å². The van der Waals surface area contributed by atoms with Gasteiger partial charge >= 0.3 is 6.18 Å². The van der Waals surface area contributed by atoms with Crippen LogP contribution in [0, 0.1) is 0 Å². The van der Waals surface area contributed by atoms with Gasteiger partial charge in [0.1, 0.15) is 5.56 Å². The molecule has 1 atom stereocenters. The van der Waals surface area contributed by atoms with Crippen LogP contribution < -0.4 is 5.56 Å². The van der Waals surface area contributed by atoms with E-state index in [0.29, 0.717) is 18.8 Å². The molecule has 24 heavy (non-hydrogen) atoms. The monoisotopic (exact) mass is 345 g/mol. The topological polar surface area (TPSA) is 47.4 Å². The summed E-state index contributed by atoms with van der Waals surface area (Å²) in [5.41, 5.74) is -2.26. The number of halogens is 3. The van der Waals surface area contributed by atoms with Gasteiger partial charge in [-0.25, -0.2) is 4.68 Å². The summed E-state index contributed by atoms with van der Waals surface area (Å²) in [6, 6.07) is 0.919. The highest BCUT2D eigenvalue weighted by Crippen LogP contribution is 2.40. The quantitative estimate of drug-likeness (QED) is 0.845. The maximum Gasteiger partial charge on any atom is 0.421 e. The number of hydrogen-bond acceptors (Lipinski definition) is 4. The fourth-order valence-electron chi connectivity index (χ4n) is 3.32. The van der Waals surface area contributed by atoms with E-state index in [1.54, 1.807) is 0 Å². The lowest BCUT2D eigenvalue weighted by Crippen LogP contribution is -2.53. The second-order valence-electron chi connectivity index (χ2n) is 7.40. The summed E-state index contributed by atoms with van der Waals surface area (Å²) in [5.74, 6) is 0.0398. The van der Waals surface area contributed by atoms with E-state index in [2.05, 4.69) is 5.10 Å². The minimum atomic E-state index is -4.66. The average Bonchev–Trinajstić information content (AvgIpc) is 3.21. The molecule has 1 aliphatic heterocycles. The fraction of sp³-hybridized carbons (Fsp3) is 0.750. The molecule has 2 heterocycles. The number of morpholine rings is 1. The molecule has 8 heteroatoms. The van der Waals surface area contributed by atoms with Crippen LogP contribution in [0.4, 0.5) is 13.2 Å². The molecule has 0 bridgehead atoms. The average molecular weight is 345 g/mol. The number of hydrogen-bond donors (Lipinski definition) is 0. The molecule has 1 saturated heterocycles. The molecule has 1 saturated carbocycles. The molecule has 2 aliphatic rings. The minimum Gasteiger partial charge on any atom is -0.370 e. The van der Waals surface area contributed by atoms with Gasteiger partial charge < -0.3 is 4.74 Å². The molecular weight excluding hydrogens is 323 g/mol. The molecule has 3 rings (SSSR count). The molecule has 134 valence electrons. The van der Waals surface area contributed by atoms with Crippen LogP contribution in [0.2, 0.25) is 0 Å². The molecule has 0 spiro atoms. The number of ether oxygens (including phenoxy) is 1. The first kappa shape index (κ1) is 17.4. The third-order valence-corrected chi connectivity index (χ3v) is 4.27. The minimum absolute atomic E-state index is 0.0398. The number of aromatic nitrogens is 2. The van der Waals surface area contributed by atoms with Gasteiger partial charge in [-0.1, -0.05) is 0 Å². The SMILES string of the molecule is C[C@@H]1CN(Cn2nc(C3CC3)cc(C(F)(F)F)c2=O)CC(C)(C)O1. The van der Waals surface area contributed by atoms with Gasteiger partial charge in [0.05, 0.1) is 24.1 Å². The fourth-order valence-corrected chi connectivity index (χ4v) is 3.32. The van der Waals surface area contributed by atoms with Gasteiger partial charge in [0.2, 0.25) is 0 Å². The normalized spacial score (nSPS) is 25.0. The largest absolute Gasteiger partial charge is 0.421 e. The molecule has 0 radical (unpaired) electrons. The Balaban J connectivity index is 1.92. The predicted octanol–water partition coefficient (Wildman–Crippen LogP) is 2.60. The lowest BCUT2D eigenvalue weighted by atomic mass is 10.1. The highest BCUT2D eigenvalue weighted by atomic mass is 19.4. The molecule has 1 aliphatic carbocycles. The van der Waals surface area contributed by atoms with Crippen molar-refractivity contribution in [3.05, 3.63) is 27.7 Å². The van der Waals surface area contributed by atoms with Crippen LogP contribution in [-0.2, 0) is 17.6 Å². The Morgan fingerprint density at radius 3 is 2.58 bits per heavy atom. The molecule has 0 N–H and O–H groups in total. The Morgan fingerprint density at radius 1 is 1.38 bits per heavy atom.